The van der Waals surface area contributed by atoms with Crippen molar-refractivity contribution in [3.05, 3.63) is 28.2 Å². The summed E-state index contributed by atoms with van der Waals surface area (Å²) in [6.07, 6.45) is 6.15. The number of hydrogen-bond acceptors (Lipinski definition) is 8. The van der Waals surface area contributed by atoms with E-state index < -0.39 is 23.7 Å². The number of cyclic esters (lactones) is 1. The molecule has 0 aliphatic carbocycles. The Kier molecular flexibility index (Phi) is 6.99. The number of hydrogen-bond donors (Lipinski definition) is 1. The fourth-order valence-corrected chi connectivity index (χ4v) is 5.93. The van der Waals surface area contributed by atoms with Gasteiger partial charge in [-0.15, -0.1) is 23.1 Å². The Hall–Kier alpha value is -2.20. The first-order valence-corrected chi connectivity index (χ1v) is 12.9. The Morgan fingerprint density at radius 1 is 1.38 bits per heavy atom. The Bertz CT molecular complexity index is 959. The van der Waals surface area contributed by atoms with Crippen LogP contribution in [0.1, 0.15) is 56.7 Å². The largest absolute Gasteiger partial charge is 0.456 e. The minimum absolute atomic E-state index is 0.0329. The van der Waals surface area contributed by atoms with Crippen LogP contribution in [0.4, 0.5) is 0 Å². The summed E-state index contributed by atoms with van der Waals surface area (Å²) in [6.45, 7) is 4.68. The molecule has 2 amide bonds. The van der Waals surface area contributed by atoms with Crippen LogP contribution in [-0.2, 0) is 25.7 Å². The van der Waals surface area contributed by atoms with Crippen molar-refractivity contribution in [1.29, 1.82) is 0 Å². The second-order valence-electron chi connectivity index (χ2n) is 8.44. The molecule has 3 aliphatic rings. The van der Waals surface area contributed by atoms with Gasteiger partial charge in [-0.25, -0.2) is 9.78 Å². The number of allylic oxidation sites excluding steroid dienone is 1. The Morgan fingerprint density at radius 3 is 3.03 bits per heavy atom. The van der Waals surface area contributed by atoms with E-state index in [0.717, 1.165) is 35.0 Å². The van der Waals surface area contributed by atoms with Gasteiger partial charge in [-0.05, 0) is 32.3 Å². The highest BCUT2D eigenvalue weighted by atomic mass is 32.2. The summed E-state index contributed by atoms with van der Waals surface area (Å²) in [5.41, 5.74) is -0.205. The molecule has 1 aromatic rings. The lowest BCUT2D eigenvalue weighted by molar-refractivity contribution is -0.157. The summed E-state index contributed by atoms with van der Waals surface area (Å²) in [5, 5.41) is 6.26. The molecule has 32 heavy (non-hydrogen) atoms. The summed E-state index contributed by atoms with van der Waals surface area (Å²) < 4.78 is 5.74. The highest BCUT2D eigenvalue weighted by Crippen LogP contribution is 2.35. The Balaban J connectivity index is 1.65. The number of unbranched alkanes of at least 4 members (excludes halogenated alkanes) is 1. The molecule has 172 valence electrons. The lowest BCUT2D eigenvalue weighted by Gasteiger charge is -2.30. The molecule has 8 nitrogen and oxygen atoms in total. The van der Waals surface area contributed by atoms with Crippen molar-refractivity contribution in [3.8, 4) is 0 Å². The number of carbonyl (C=O) groups excluding carboxylic acids is 3. The van der Waals surface area contributed by atoms with Gasteiger partial charge >= 0.3 is 5.97 Å². The molecule has 4 rings (SSSR count). The lowest BCUT2D eigenvalue weighted by atomic mass is 10.0. The summed E-state index contributed by atoms with van der Waals surface area (Å²) in [4.78, 5) is 50.0. The molecular weight excluding hydrogens is 448 g/mol. The normalized spacial score (nSPS) is 29.1. The molecule has 0 saturated carbocycles. The number of nitrogens with one attached hydrogen (secondary N) is 1. The number of carbonyl (C=O) groups is 3. The average Bonchev–Trinajstić information content (AvgIpc) is 3.51. The average molecular weight is 477 g/mol. The number of thioether (sulfide) groups is 1. The highest BCUT2D eigenvalue weighted by Gasteiger charge is 2.46. The molecule has 1 unspecified atom stereocenters. The number of rotatable bonds is 3. The SMILES string of the molecule is CCC/C=C/C1CC(=O)NCc2nc(cs2)C2=N[C@@](C)(CS2)C(=O)N2CCC[C@H]2C(=O)O1. The molecule has 3 atom stereocenters. The summed E-state index contributed by atoms with van der Waals surface area (Å²) in [5.74, 6) is -0.320. The Morgan fingerprint density at radius 2 is 2.22 bits per heavy atom. The van der Waals surface area contributed by atoms with Gasteiger partial charge in [-0.3, -0.25) is 14.6 Å². The van der Waals surface area contributed by atoms with Crippen LogP contribution in [0.25, 0.3) is 0 Å². The molecule has 0 radical (unpaired) electrons. The number of thiazole rings is 1. The van der Waals surface area contributed by atoms with E-state index in [1.165, 1.54) is 23.1 Å². The zero-order chi connectivity index (χ0) is 22.7. The first-order valence-electron chi connectivity index (χ1n) is 11.0. The van der Waals surface area contributed by atoms with Crippen LogP contribution in [0, 0.1) is 0 Å². The van der Waals surface area contributed by atoms with E-state index in [1.54, 1.807) is 11.0 Å². The van der Waals surface area contributed by atoms with Crippen LogP contribution in [-0.4, -0.2) is 62.7 Å². The van der Waals surface area contributed by atoms with Gasteiger partial charge in [0.25, 0.3) is 5.91 Å². The van der Waals surface area contributed by atoms with Crippen LogP contribution in [0.15, 0.2) is 22.5 Å². The molecule has 4 heterocycles. The third-order valence-electron chi connectivity index (χ3n) is 5.75. The first kappa shape index (κ1) is 23.0. The Labute approximate surface area is 195 Å². The number of amides is 2. The topological polar surface area (TPSA) is 101 Å². The number of aromatic nitrogens is 1. The molecule has 4 bridgehead atoms. The second kappa shape index (κ2) is 9.74. The van der Waals surface area contributed by atoms with E-state index in [9.17, 15) is 14.4 Å². The maximum Gasteiger partial charge on any atom is 0.329 e. The van der Waals surface area contributed by atoms with E-state index in [4.69, 9.17) is 9.73 Å². The molecule has 0 spiro atoms. The molecule has 10 heteroatoms. The van der Waals surface area contributed by atoms with Crippen LogP contribution in [0.2, 0.25) is 0 Å². The monoisotopic (exact) mass is 476 g/mol. The fraction of sp³-hybridized carbons (Fsp3) is 0.591. The van der Waals surface area contributed by atoms with Gasteiger partial charge in [0.05, 0.1) is 13.0 Å². The molecular formula is C22H28N4O4S2. The number of esters is 1. The van der Waals surface area contributed by atoms with Crippen LogP contribution >= 0.6 is 23.1 Å². The van der Waals surface area contributed by atoms with Crippen molar-refractivity contribution < 1.29 is 19.1 Å². The third-order valence-corrected chi connectivity index (χ3v) is 7.88. The fourth-order valence-electron chi connectivity index (χ4n) is 4.01. The molecule has 1 aromatic heterocycles. The van der Waals surface area contributed by atoms with Crippen molar-refractivity contribution in [3.63, 3.8) is 0 Å². The van der Waals surface area contributed by atoms with Gasteiger partial charge in [0.15, 0.2) is 0 Å². The van der Waals surface area contributed by atoms with Crippen molar-refractivity contribution in [2.75, 3.05) is 12.3 Å². The minimum atomic E-state index is -0.932. The van der Waals surface area contributed by atoms with E-state index in [1.807, 2.05) is 18.4 Å². The number of ether oxygens (including phenoxy) is 1. The molecule has 3 aliphatic heterocycles. The van der Waals surface area contributed by atoms with Crippen LogP contribution < -0.4 is 5.32 Å². The zero-order valence-corrected chi connectivity index (χ0v) is 20.0. The number of aliphatic imine (C=N–C) groups is 1. The molecule has 1 saturated heterocycles. The zero-order valence-electron chi connectivity index (χ0n) is 18.3. The maximum absolute atomic E-state index is 13.5. The van der Waals surface area contributed by atoms with Gasteiger partial charge in [-0.2, -0.15) is 0 Å². The van der Waals surface area contributed by atoms with E-state index in [0.29, 0.717) is 25.3 Å². The predicted molar refractivity (Wildman–Crippen MR) is 125 cm³/mol. The minimum Gasteiger partial charge on any atom is -0.456 e. The lowest BCUT2D eigenvalue weighted by Crippen LogP contribution is -2.51. The van der Waals surface area contributed by atoms with Crippen molar-refractivity contribution in [2.45, 2.75) is 70.2 Å². The van der Waals surface area contributed by atoms with E-state index in [2.05, 4.69) is 17.2 Å². The predicted octanol–water partition coefficient (Wildman–Crippen LogP) is 2.67. The number of fused-ring (bicyclic) bond motifs is 5. The summed E-state index contributed by atoms with van der Waals surface area (Å²) in [7, 11) is 0. The van der Waals surface area contributed by atoms with E-state index in [-0.39, 0.29) is 18.2 Å². The summed E-state index contributed by atoms with van der Waals surface area (Å²) >= 11 is 2.95. The highest BCUT2D eigenvalue weighted by molar-refractivity contribution is 8.14. The van der Waals surface area contributed by atoms with Gasteiger partial charge in [-0.1, -0.05) is 19.4 Å². The standard InChI is InChI=1S/C22H28N4O4S2/c1-3-4-5-7-14-10-17(27)23-11-18-24-15(12-31-18)19-25-22(2,13-32-19)21(29)26-9-6-8-16(26)20(28)30-14/h5,7,12,14,16H,3-4,6,8-11,13H2,1-2H3,(H,23,27)/b7-5+/t14?,16-,22-/m0/s1. The molecule has 0 aromatic carbocycles. The molecule has 1 fully saturated rings. The molecule has 1 N–H and O–H groups in total. The summed E-state index contributed by atoms with van der Waals surface area (Å²) in [6, 6.07) is -0.646. The van der Waals surface area contributed by atoms with Crippen LogP contribution in [0.3, 0.4) is 0 Å². The van der Waals surface area contributed by atoms with Crippen molar-refractivity contribution in [2.24, 2.45) is 4.99 Å². The second-order valence-corrected chi connectivity index (χ2v) is 10.3. The quantitative estimate of drug-likeness (QED) is 0.532. The first-order chi connectivity index (χ1) is 15.4. The smallest absolute Gasteiger partial charge is 0.329 e. The van der Waals surface area contributed by atoms with Gasteiger partial charge in [0.1, 0.15) is 33.4 Å². The van der Waals surface area contributed by atoms with Gasteiger partial charge in [0.2, 0.25) is 5.91 Å². The maximum atomic E-state index is 13.5. The van der Waals surface area contributed by atoms with E-state index >= 15 is 0 Å². The van der Waals surface area contributed by atoms with Gasteiger partial charge < -0.3 is 15.0 Å². The van der Waals surface area contributed by atoms with Crippen molar-refractivity contribution >= 4 is 45.9 Å². The third kappa shape index (κ3) is 4.91. The number of nitrogens with zero attached hydrogens (tertiary/aromatic N) is 3. The van der Waals surface area contributed by atoms with Gasteiger partial charge in [0, 0.05) is 17.7 Å². The van der Waals surface area contributed by atoms with Crippen LogP contribution in [0.5, 0.6) is 0 Å². The van der Waals surface area contributed by atoms with Crippen molar-refractivity contribution in [1.82, 2.24) is 15.2 Å².